The van der Waals surface area contributed by atoms with Crippen molar-refractivity contribution < 1.29 is 18.7 Å². The smallest absolute Gasteiger partial charge is 0.273 e. The zero-order chi connectivity index (χ0) is 21.4. The van der Waals surface area contributed by atoms with Gasteiger partial charge in [0.2, 0.25) is 5.91 Å². The first-order valence-electron chi connectivity index (χ1n) is 9.12. The third kappa shape index (κ3) is 3.24. The highest BCUT2D eigenvalue weighted by Gasteiger charge is 2.19. The highest BCUT2D eigenvalue weighted by molar-refractivity contribution is 5.97. The lowest BCUT2D eigenvalue weighted by molar-refractivity contribution is -0.116. The fourth-order valence-electron chi connectivity index (χ4n) is 3.48. The Morgan fingerprint density at radius 3 is 2.53 bits per heavy atom. The van der Waals surface area contributed by atoms with Gasteiger partial charge in [0.05, 0.1) is 25.4 Å². The van der Waals surface area contributed by atoms with Crippen LogP contribution in [0, 0.1) is 12.7 Å². The van der Waals surface area contributed by atoms with Crippen molar-refractivity contribution in [3.63, 3.8) is 0 Å². The van der Waals surface area contributed by atoms with E-state index in [-0.39, 0.29) is 12.2 Å². The highest BCUT2D eigenvalue weighted by atomic mass is 19.1. The molecule has 9 heteroatoms. The number of methoxy groups -OCH3 is 2. The second-order valence-electron chi connectivity index (χ2n) is 6.68. The zero-order valence-electron chi connectivity index (χ0n) is 16.6. The number of benzene rings is 2. The molecule has 0 aliphatic heterocycles. The minimum atomic E-state index is -0.527. The SMILES string of the molecule is COc1cc2c(cc1OC)n(CC(=O)Nc1ccccc1F)n1c(C)cc(=O)nc21. The van der Waals surface area contributed by atoms with Crippen LogP contribution in [0.5, 0.6) is 11.5 Å². The Labute approximate surface area is 170 Å². The number of para-hydroxylation sites is 1. The maximum Gasteiger partial charge on any atom is 0.273 e. The molecule has 0 saturated heterocycles. The summed E-state index contributed by atoms with van der Waals surface area (Å²) in [7, 11) is 3.02. The molecule has 8 nitrogen and oxygen atoms in total. The van der Waals surface area contributed by atoms with Crippen LogP contribution in [0.15, 0.2) is 47.3 Å². The number of carbonyl (C=O) groups is 1. The van der Waals surface area contributed by atoms with Gasteiger partial charge in [0.25, 0.3) is 5.56 Å². The van der Waals surface area contributed by atoms with Crippen LogP contribution in [-0.2, 0) is 11.3 Å². The van der Waals surface area contributed by atoms with E-state index in [2.05, 4.69) is 10.3 Å². The Morgan fingerprint density at radius 1 is 1.13 bits per heavy atom. The van der Waals surface area contributed by atoms with Crippen molar-refractivity contribution in [1.29, 1.82) is 0 Å². The number of anilines is 1. The predicted molar refractivity (Wildman–Crippen MR) is 110 cm³/mol. The monoisotopic (exact) mass is 410 g/mol. The van der Waals surface area contributed by atoms with Gasteiger partial charge in [0.1, 0.15) is 12.4 Å². The van der Waals surface area contributed by atoms with Crippen molar-refractivity contribution in [2.45, 2.75) is 13.5 Å². The third-order valence-corrected chi connectivity index (χ3v) is 4.79. The maximum absolute atomic E-state index is 13.9. The van der Waals surface area contributed by atoms with E-state index in [0.717, 1.165) is 0 Å². The molecular formula is C21H19FN4O4. The van der Waals surface area contributed by atoms with Crippen molar-refractivity contribution in [1.82, 2.24) is 14.2 Å². The lowest BCUT2D eigenvalue weighted by Gasteiger charge is -2.12. The molecule has 4 rings (SSSR count). The molecule has 1 N–H and O–H groups in total. The molecule has 0 unspecified atom stereocenters. The second kappa shape index (κ2) is 7.51. The Morgan fingerprint density at radius 2 is 1.83 bits per heavy atom. The topological polar surface area (TPSA) is 86.9 Å². The van der Waals surface area contributed by atoms with E-state index in [9.17, 15) is 14.0 Å². The van der Waals surface area contributed by atoms with E-state index >= 15 is 0 Å². The molecule has 0 bridgehead atoms. The van der Waals surface area contributed by atoms with E-state index in [1.165, 1.54) is 32.4 Å². The fraction of sp³-hybridized carbons (Fsp3) is 0.190. The van der Waals surface area contributed by atoms with Gasteiger partial charge in [-0.25, -0.2) is 8.91 Å². The van der Waals surface area contributed by atoms with Crippen molar-refractivity contribution in [3.8, 4) is 11.5 Å². The van der Waals surface area contributed by atoms with Crippen LogP contribution in [-0.4, -0.2) is 34.3 Å². The van der Waals surface area contributed by atoms with Crippen LogP contribution in [0.4, 0.5) is 10.1 Å². The van der Waals surface area contributed by atoms with E-state index in [1.54, 1.807) is 40.4 Å². The molecule has 2 heterocycles. The fourth-order valence-corrected chi connectivity index (χ4v) is 3.48. The summed E-state index contributed by atoms with van der Waals surface area (Å²) in [4.78, 5) is 28.9. The molecule has 0 fully saturated rings. The molecule has 1 amide bonds. The summed E-state index contributed by atoms with van der Waals surface area (Å²) in [5, 5.41) is 3.19. The number of aromatic nitrogens is 3. The van der Waals surface area contributed by atoms with Crippen LogP contribution in [0.1, 0.15) is 5.69 Å². The maximum atomic E-state index is 13.9. The second-order valence-corrected chi connectivity index (χ2v) is 6.68. The summed E-state index contributed by atoms with van der Waals surface area (Å²) in [5.74, 6) is -0.0341. The molecule has 0 saturated carbocycles. The highest BCUT2D eigenvalue weighted by Crippen LogP contribution is 2.34. The van der Waals surface area contributed by atoms with Gasteiger partial charge in [-0.3, -0.25) is 14.3 Å². The Hall–Kier alpha value is -3.88. The number of hydrogen-bond donors (Lipinski definition) is 1. The summed E-state index contributed by atoms with van der Waals surface area (Å²) in [5.41, 5.74) is 1.28. The molecule has 4 aromatic rings. The minimum Gasteiger partial charge on any atom is -0.493 e. The molecule has 154 valence electrons. The van der Waals surface area contributed by atoms with Gasteiger partial charge < -0.3 is 14.8 Å². The number of carbonyl (C=O) groups excluding carboxylic acids is 1. The Kier molecular flexibility index (Phi) is 4.86. The number of halogens is 1. The normalized spacial score (nSPS) is 11.1. The van der Waals surface area contributed by atoms with Gasteiger partial charge in [-0.1, -0.05) is 12.1 Å². The first kappa shape index (κ1) is 19.4. The standard InChI is InChI=1S/C21H19FN4O4/c1-12-8-19(27)24-21-13-9-17(29-2)18(30-3)10-16(13)25(26(12)21)11-20(28)23-15-7-5-4-6-14(15)22/h4-10H,11H2,1-3H3,(H,23,28). The number of fused-ring (bicyclic) bond motifs is 3. The molecule has 0 aliphatic rings. The lowest BCUT2D eigenvalue weighted by Crippen LogP contribution is -2.23. The van der Waals surface area contributed by atoms with Crippen LogP contribution in [0.25, 0.3) is 16.6 Å². The first-order valence-corrected chi connectivity index (χ1v) is 9.12. The molecular weight excluding hydrogens is 391 g/mol. The number of amides is 1. The van der Waals surface area contributed by atoms with E-state index in [4.69, 9.17) is 9.47 Å². The van der Waals surface area contributed by atoms with Gasteiger partial charge in [-0.15, -0.1) is 0 Å². The average Bonchev–Trinajstić information content (AvgIpc) is 3.01. The molecule has 0 spiro atoms. The van der Waals surface area contributed by atoms with E-state index in [1.807, 2.05) is 0 Å². The number of aryl methyl sites for hydroxylation is 1. The van der Waals surface area contributed by atoms with Gasteiger partial charge in [-0.05, 0) is 25.1 Å². The quantitative estimate of drug-likeness (QED) is 0.547. The molecule has 2 aromatic carbocycles. The Bertz CT molecular complexity index is 1340. The van der Waals surface area contributed by atoms with Crippen molar-refractivity contribution in [2.24, 2.45) is 0 Å². The van der Waals surface area contributed by atoms with Crippen molar-refractivity contribution in [2.75, 3.05) is 19.5 Å². The van der Waals surface area contributed by atoms with E-state index in [0.29, 0.717) is 33.7 Å². The van der Waals surface area contributed by atoms with Gasteiger partial charge in [-0.2, -0.15) is 4.98 Å². The Balaban J connectivity index is 1.89. The number of hydrogen-bond acceptors (Lipinski definition) is 5. The molecule has 0 aliphatic carbocycles. The summed E-state index contributed by atoms with van der Waals surface area (Å²) in [6.45, 7) is 1.60. The molecule has 30 heavy (non-hydrogen) atoms. The van der Waals surface area contributed by atoms with Crippen LogP contribution in [0.3, 0.4) is 0 Å². The van der Waals surface area contributed by atoms with Crippen LogP contribution < -0.4 is 20.3 Å². The summed E-state index contributed by atoms with van der Waals surface area (Å²) >= 11 is 0. The summed E-state index contributed by atoms with van der Waals surface area (Å²) < 4.78 is 28.0. The number of nitrogens with one attached hydrogen (secondary N) is 1. The summed E-state index contributed by atoms with van der Waals surface area (Å²) in [6, 6.07) is 10.7. The van der Waals surface area contributed by atoms with Gasteiger partial charge >= 0.3 is 0 Å². The number of nitrogens with zero attached hydrogens (tertiary/aromatic N) is 3. The number of rotatable bonds is 5. The predicted octanol–water partition coefficient (Wildman–Crippen LogP) is 2.75. The molecule has 0 atom stereocenters. The van der Waals surface area contributed by atoms with Gasteiger partial charge in [0, 0.05) is 23.2 Å². The summed E-state index contributed by atoms with van der Waals surface area (Å²) in [6.07, 6.45) is 0. The average molecular weight is 410 g/mol. The first-order chi connectivity index (χ1) is 14.4. The van der Waals surface area contributed by atoms with Gasteiger partial charge in [0.15, 0.2) is 17.1 Å². The third-order valence-electron chi connectivity index (χ3n) is 4.79. The zero-order valence-corrected chi connectivity index (χ0v) is 16.6. The van der Waals surface area contributed by atoms with Crippen LogP contribution >= 0.6 is 0 Å². The van der Waals surface area contributed by atoms with E-state index < -0.39 is 17.3 Å². The largest absolute Gasteiger partial charge is 0.493 e. The molecule has 0 radical (unpaired) electrons. The van der Waals surface area contributed by atoms with Crippen molar-refractivity contribution in [3.05, 3.63) is 64.3 Å². The molecule has 2 aromatic heterocycles. The number of ether oxygens (including phenoxy) is 2. The van der Waals surface area contributed by atoms with Crippen molar-refractivity contribution >= 4 is 28.1 Å². The minimum absolute atomic E-state index is 0.0872. The van der Waals surface area contributed by atoms with Crippen LogP contribution in [0.2, 0.25) is 0 Å². The lowest BCUT2D eigenvalue weighted by atomic mass is 10.2.